The van der Waals surface area contributed by atoms with Crippen LogP contribution in [-0.2, 0) is 0 Å². The number of methoxy groups -OCH3 is 1. The Morgan fingerprint density at radius 3 is 2.46 bits per heavy atom. The summed E-state index contributed by atoms with van der Waals surface area (Å²) < 4.78 is 10.9. The molecule has 0 saturated heterocycles. The lowest BCUT2D eigenvalue weighted by molar-refractivity contribution is 0.295. The van der Waals surface area contributed by atoms with Crippen molar-refractivity contribution in [2.24, 2.45) is 10.3 Å². The van der Waals surface area contributed by atoms with E-state index in [0.29, 0.717) is 57.4 Å². The second-order valence-corrected chi connectivity index (χ2v) is 6.24. The van der Waals surface area contributed by atoms with Crippen LogP contribution in [0.4, 0.5) is 11.4 Å². The third kappa shape index (κ3) is 5.67. The minimum Gasteiger partial charge on any atom is -0.493 e. The maximum absolute atomic E-state index is 9.31. The number of alkyl halides is 1. The average Bonchev–Trinajstić information content (AvgIpc) is 2.61. The van der Waals surface area contributed by atoms with E-state index in [2.05, 4.69) is 21.8 Å². The molecule has 1 N–H and O–H groups in total. The summed E-state index contributed by atoms with van der Waals surface area (Å²) in [7, 11) is 1.50. The van der Waals surface area contributed by atoms with E-state index in [-0.39, 0.29) is 0 Å². The van der Waals surface area contributed by atoms with Crippen LogP contribution >= 0.6 is 34.8 Å². The lowest BCUT2D eigenvalue weighted by atomic mass is 10.1. The van der Waals surface area contributed by atoms with Crippen molar-refractivity contribution in [1.82, 2.24) is 0 Å². The van der Waals surface area contributed by atoms with Gasteiger partial charge in [-0.25, -0.2) is 0 Å². The summed E-state index contributed by atoms with van der Waals surface area (Å²) in [5.74, 6) is 1.37. The molecule has 0 aliphatic rings. The Hall–Kier alpha value is -2.20. The van der Waals surface area contributed by atoms with Gasteiger partial charge in [0, 0.05) is 28.1 Å². The number of nitrogens with zero attached hydrogens (tertiary/aromatic N) is 3. The van der Waals surface area contributed by atoms with Crippen LogP contribution in [0.25, 0.3) is 0 Å². The first-order valence-corrected chi connectivity index (χ1v) is 8.80. The van der Waals surface area contributed by atoms with Crippen molar-refractivity contribution in [2.75, 3.05) is 25.0 Å². The van der Waals surface area contributed by atoms with E-state index < -0.39 is 0 Å². The molecule has 0 aliphatic carbocycles. The van der Waals surface area contributed by atoms with Crippen LogP contribution < -0.4 is 14.9 Å². The molecular weight excluding hydrogens is 399 g/mol. The Morgan fingerprint density at radius 2 is 1.85 bits per heavy atom. The predicted octanol–water partition coefficient (Wildman–Crippen LogP) is 5.99. The first-order valence-electron chi connectivity index (χ1n) is 7.51. The second-order valence-electron chi connectivity index (χ2n) is 4.99. The number of rotatable bonds is 8. The minimum atomic E-state index is 0.293. The van der Waals surface area contributed by atoms with Crippen LogP contribution in [0.2, 0.25) is 10.0 Å². The molecule has 0 atom stereocenters. The van der Waals surface area contributed by atoms with Crippen molar-refractivity contribution in [3.8, 4) is 17.6 Å². The number of nitrogens with one attached hydrogen (secondary N) is 1. The van der Waals surface area contributed by atoms with Gasteiger partial charge in [-0.3, -0.25) is 5.43 Å². The molecule has 2 aromatic carbocycles. The summed E-state index contributed by atoms with van der Waals surface area (Å²) in [5.41, 5.74) is 3.90. The molecule has 0 fully saturated rings. The highest BCUT2D eigenvalue weighted by molar-refractivity contribution is 6.35. The molecule has 0 aromatic heterocycles. The molecule has 9 heteroatoms. The van der Waals surface area contributed by atoms with Crippen molar-refractivity contribution < 1.29 is 9.47 Å². The quantitative estimate of drug-likeness (QED) is 0.249. The van der Waals surface area contributed by atoms with E-state index in [1.54, 1.807) is 30.3 Å². The Kier molecular flexibility index (Phi) is 7.79. The zero-order chi connectivity index (χ0) is 18.9. The molecule has 0 spiro atoms. The summed E-state index contributed by atoms with van der Waals surface area (Å²) in [6.07, 6.45) is 0.679. The van der Waals surface area contributed by atoms with Crippen molar-refractivity contribution in [3.05, 3.63) is 45.9 Å². The van der Waals surface area contributed by atoms with Gasteiger partial charge in [-0.05, 0) is 24.6 Å². The van der Waals surface area contributed by atoms with Gasteiger partial charge in [0.15, 0.2) is 11.5 Å². The normalized spacial score (nSPS) is 10.6. The Balaban J connectivity index is 2.23. The molecule has 0 radical (unpaired) electrons. The fourth-order valence-electron chi connectivity index (χ4n) is 1.99. The Bertz CT molecular complexity index is 817. The first kappa shape index (κ1) is 20.1. The SMILES string of the molecule is COc1cc(C#N)c(N=NNc2cc(Cl)cc(Cl)c2)cc1OCCCCl. The fraction of sp³-hybridized carbons (Fsp3) is 0.235. The van der Waals surface area contributed by atoms with Crippen molar-refractivity contribution in [2.45, 2.75) is 6.42 Å². The highest BCUT2D eigenvalue weighted by Crippen LogP contribution is 2.35. The number of ether oxygens (including phenoxy) is 2. The fourth-order valence-corrected chi connectivity index (χ4v) is 2.62. The molecule has 26 heavy (non-hydrogen) atoms. The van der Waals surface area contributed by atoms with Crippen molar-refractivity contribution in [1.29, 1.82) is 5.26 Å². The number of halogens is 3. The molecule has 0 unspecified atom stereocenters. The van der Waals surface area contributed by atoms with E-state index in [1.807, 2.05) is 0 Å². The summed E-state index contributed by atoms with van der Waals surface area (Å²) in [4.78, 5) is 0. The lowest BCUT2D eigenvalue weighted by Gasteiger charge is -2.11. The van der Waals surface area contributed by atoms with Gasteiger partial charge in [0.25, 0.3) is 0 Å². The van der Waals surface area contributed by atoms with Gasteiger partial charge < -0.3 is 9.47 Å². The Labute approximate surface area is 166 Å². The highest BCUT2D eigenvalue weighted by Gasteiger charge is 2.12. The van der Waals surface area contributed by atoms with Crippen molar-refractivity contribution >= 4 is 46.2 Å². The smallest absolute Gasteiger partial charge is 0.163 e. The largest absolute Gasteiger partial charge is 0.493 e. The number of anilines is 1. The van der Waals surface area contributed by atoms with Crippen LogP contribution in [0.3, 0.4) is 0 Å². The summed E-state index contributed by atoms with van der Waals surface area (Å²) in [6.45, 7) is 0.418. The van der Waals surface area contributed by atoms with Crippen LogP contribution in [0, 0.1) is 11.3 Å². The molecule has 0 bridgehead atoms. The molecule has 6 nitrogen and oxygen atoms in total. The molecule has 0 aliphatic heterocycles. The summed E-state index contributed by atoms with van der Waals surface area (Å²) >= 11 is 17.5. The van der Waals surface area contributed by atoms with Gasteiger partial charge in [-0.1, -0.05) is 28.4 Å². The minimum absolute atomic E-state index is 0.293. The van der Waals surface area contributed by atoms with Crippen LogP contribution in [0.1, 0.15) is 12.0 Å². The number of hydrogen-bond donors (Lipinski definition) is 1. The maximum atomic E-state index is 9.31. The van der Waals surface area contributed by atoms with Gasteiger partial charge in [-0.15, -0.1) is 16.7 Å². The third-order valence-corrected chi connectivity index (χ3v) is 3.84. The predicted molar refractivity (Wildman–Crippen MR) is 103 cm³/mol. The highest BCUT2D eigenvalue weighted by atomic mass is 35.5. The molecule has 0 amide bonds. The van der Waals surface area contributed by atoms with E-state index >= 15 is 0 Å². The van der Waals surface area contributed by atoms with E-state index in [4.69, 9.17) is 44.3 Å². The van der Waals surface area contributed by atoms with Crippen LogP contribution in [0.15, 0.2) is 40.7 Å². The molecule has 0 heterocycles. The average molecular weight is 414 g/mol. The lowest BCUT2D eigenvalue weighted by Crippen LogP contribution is -2.00. The standard InChI is InChI=1S/C17H15Cl3N4O2/c1-25-16-5-11(10-21)15(9-17(16)26-4-2-3-18)23-24-22-14-7-12(19)6-13(20)8-14/h5-9H,2-4H2,1H3,(H,22,23). The van der Waals surface area contributed by atoms with Crippen molar-refractivity contribution in [3.63, 3.8) is 0 Å². The van der Waals surface area contributed by atoms with Gasteiger partial charge in [0.05, 0.1) is 25.0 Å². The van der Waals surface area contributed by atoms with Crippen LogP contribution in [-0.4, -0.2) is 19.6 Å². The summed E-state index contributed by atoms with van der Waals surface area (Å²) in [6, 6.07) is 10.1. The number of benzene rings is 2. The van der Waals surface area contributed by atoms with Gasteiger partial charge in [-0.2, -0.15) is 5.26 Å². The van der Waals surface area contributed by atoms with E-state index in [1.165, 1.54) is 7.11 Å². The van der Waals surface area contributed by atoms with Gasteiger partial charge in [0.2, 0.25) is 0 Å². The molecule has 136 valence electrons. The second kappa shape index (κ2) is 10.1. The molecule has 2 rings (SSSR count). The molecular formula is C17H15Cl3N4O2. The maximum Gasteiger partial charge on any atom is 0.163 e. The summed E-state index contributed by atoms with van der Waals surface area (Å²) in [5, 5.41) is 18.2. The van der Waals surface area contributed by atoms with Gasteiger partial charge >= 0.3 is 0 Å². The monoisotopic (exact) mass is 412 g/mol. The van der Waals surface area contributed by atoms with Crippen LogP contribution in [0.5, 0.6) is 11.5 Å². The zero-order valence-corrected chi connectivity index (χ0v) is 16.1. The Morgan fingerprint density at radius 1 is 1.12 bits per heavy atom. The van der Waals surface area contributed by atoms with E-state index in [0.717, 1.165) is 0 Å². The number of nitriles is 1. The first-order chi connectivity index (χ1) is 12.6. The molecule has 0 saturated carbocycles. The molecule has 2 aromatic rings. The zero-order valence-electron chi connectivity index (χ0n) is 13.8. The topological polar surface area (TPSA) is 79.0 Å². The number of hydrogen-bond acceptors (Lipinski definition) is 5. The third-order valence-electron chi connectivity index (χ3n) is 3.14. The van der Waals surface area contributed by atoms with Gasteiger partial charge in [0.1, 0.15) is 11.8 Å². The van der Waals surface area contributed by atoms with E-state index in [9.17, 15) is 5.26 Å².